The summed E-state index contributed by atoms with van der Waals surface area (Å²) in [6, 6.07) is 14.2. The summed E-state index contributed by atoms with van der Waals surface area (Å²) >= 11 is 6.19. The van der Waals surface area contributed by atoms with Crippen molar-refractivity contribution in [1.82, 2.24) is 0 Å². The molecule has 0 fully saturated rings. The Balaban J connectivity index is 1.92. The van der Waals surface area contributed by atoms with Gasteiger partial charge in [0.1, 0.15) is 6.07 Å². The predicted molar refractivity (Wildman–Crippen MR) is 104 cm³/mol. The van der Waals surface area contributed by atoms with Gasteiger partial charge in [-0.3, -0.25) is 4.79 Å². The van der Waals surface area contributed by atoms with Crippen LogP contribution in [-0.2, 0) is 4.79 Å². The molecule has 0 aliphatic carbocycles. The van der Waals surface area contributed by atoms with E-state index in [4.69, 9.17) is 26.3 Å². The van der Waals surface area contributed by atoms with Crippen molar-refractivity contribution in [2.24, 2.45) is 5.10 Å². The quantitative estimate of drug-likeness (QED) is 0.732. The van der Waals surface area contributed by atoms with Crippen molar-refractivity contribution in [2.45, 2.75) is 6.92 Å². The molecule has 1 aliphatic rings. The Labute approximate surface area is 161 Å². The molecule has 0 spiro atoms. The lowest BCUT2D eigenvalue weighted by Crippen LogP contribution is -2.21. The van der Waals surface area contributed by atoms with Crippen LogP contribution in [0.25, 0.3) is 6.08 Å². The number of halogens is 1. The molecule has 1 heterocycles. The molecule has 6 nitrogen and oxygen atoms in total. The molecule has 1 amide bonds. The third-order valence-corrected chi connectivity index (χ3v) is 4.25. The molecule has 136 valence electrons. The fourth-order valence-corrected chi connectivity index (χ4v) is 2.86. The predicted octanol–water partition coefficient (Wildman–Crippen LogP) is 4.06. The molecule has 2 aromatic rings. The molecule has 0 atom stereocenters. The van der Waals surface area contributed by atoms with Gasteiger partial charge in [-0.25, -0.2) is 0 Å². The van der Waals surface area contributed by atoms with Crippen molar-refractivity contribution in [3.63, 3.8) is 0 Å². The van der Waals surface area contributed by atoms with Crippen molar-refractivity contribution in [2.75, 3.05) is 18.7 Å². The Hall–Kier alpha value is -3.30. The highest BCUT2D eigenvalue weighted by Crippen LogP contribution is 2.32. The van der Waals surface area contributed by atoms with Crippen molar-refractivity contribution in [3.05, 3.63) is 58.6 Å². The molecule has 0 aromatic heterocycles. The Morgan fingerprint density at radius 2 is 2.04 bits per heavy atom. The van der Waals surface area contributed by atoms with E-state index in [-0.39, 0.29) is 12.5 Å². The minimum atomic E-state index is -0.260. The maximum atomic E-state index is 12.8. The zero-order chi connectivity index (χ0) is 19.4. The van der Waals surface area contributed by atoms with E-state index in [1.54, 1.807) is 55.5 Å². The van der Waals surface area contributed by atoms with Crippen molar-refractivity contribution < 1.29 is 14.3 Å². The Bertz CT molecular complexity index is 992. The van der Waals surface area contributed by atoms with E-state index in [1.165, 1.54) is 12.1 Å². The number of carbonyl (C=O) groups excluding carboxylic acids is 1. The highest BCUT2D eigenvalue weighted by Gasteiger charge is 2.29. The number of carbonyl (C=O) groups is 1. The zero-order valence-electron chi connectivity index (χ0n) is 14.8. The second kappa shape index (κ2) is 7.94. The number of hydrazone groups is 1. The second-order valence-corrected chi connectivity index (χ2v) is 6.08. The summed E-state index contributed by atoms with van der Waals surface area (Å²) in [6.45, 7) is 1.69. The number of nitrogens with zero attached hydrogens (tertiary/aromatic N) is 3. The number of rotatable bonds is 5. The lowest BCUT2D eigenvalue weighted by atomic mass is 10.1. The Kier molecular flexibility index (Phi) is 5.43. The van der Waals surface area contributed by atoms with Gasteiger partial charge in [-0.2, -0.15) is 15.4 Å². The molecular formula is C20H16ClN3O3. The highest BCUT2D eigenvalue weighted by molar-refractivity contribution is 6.37. The lowest BCUT2D eigenvalue weighted by molar-refractivity contribution is -0.114. The number of methoxy groups -OCH3 is 1. The molecule has 0 saturated heterocycles. The van der Waals surface area contributed by atoms with Gasteiger partial charge in [0.2, 0.25) is 0 Å². The molecule has 0 saturated carbocycles. The third-order valence-electron chi connectivity index (χ3n) is 3.93. The van der Waals surface area contributed by atoms with Crippen LogP contribution in [-0.4, -0.2) is 25.3 Å². The molecule has 0 unspecified atom stereocenters. The molecular weight excluding hydrogens is 366 g/mol. The number of para-hydroxylation sites is 1. The lowest BCUT2D eigenvalue weighted by Gasteiger charge is -2.13. The second-order valence-electron chi connectivity index (χ2n) is 5.67. The van der Waals surface area contributed by atoms with Gasteiger partial charge < -0.3 is 9.47 Å². The number of nitriles is 1. The van der Waals surface area contributed by atoms with E-state index in [0.29, 0.717) is 33.5 Å². The van der Waals surface area contributed by atoms with Crippen LogP contribution >= 0.6 is 11.6 Å². The number of amides is 1. The van der Waals surface area contributed by atoms with E-state index in [0.717, 1.165) is 5.56 Å². The van der Waals surface area contributed by atoms with Gasteiger partial charge in [0, 0.05) is 0 Å². The molecule has 0 N–H and O–H groups in total. The molecule has 0 radical (unpaired) electrons. The third kappa shape index (κ3) is 3.78. The SMILES string of the molecule is COc1cc(/C=C2/C(=O)N(c3ccccc3Cl)N=C2C)ccc1OCC#N. The summed E-state index contributed by atoms with van der Waals surface area (Å²) in [6.07, 6.45) is 1.73. The number of benzene rings is 2. The summed E-state index contributed by atoms with van der Waals surface area (Å²) < 4.78 is 10.6. The normalized spacial score (nSPS) is 14.9. The van der Waals surface area contributed by atoms with Crippen LogP contribution in [0.4, 0.5) is 5.69 Å². The van der Waals surface area contributed by atoms with Gasteiger partial charge in [0.05, 0.1) is 29.1 Å². The van der Waals surface area contributed by atoms with Crippen molar-refractivity contribution in [3.8, 4) is 17.6 Å². The summed E-state index contributed by atoms with van der Waals surface area (Å²) in [5.41, 5.74) is 2.33. The van der Waals surface area contributed by atoms with Gasteiger partial charge in [-0.05, 0) is 42.8 Å². The summed E-state index contributed by atoms with van der Waals surface area (Å²) in [5.74, 6) is 0.675. The van der Waals surface area contributed by atoms with Crippen LogP contribution in [0.2, 0.25) is 5.02 Å². The largest absolute Gasteiger partial charge is 0.493 e. The average Bonchev–Trinajstić information content (AvgIpc) is 2.95. The van der Waals surface area contributed by atoms with E-state index in [2.05, 4.69) is 5.10 Å². The number of hydrogen-bond donors (Lipinski definition) is 0. The Morgan fingerprint density at radius 3 is 2.74 bits per heavy atom. The van der Waals surface area contributed by atoms with Gasteiger partial charge in [-0.15, -0.1) is 0 Å². The first-order valence-corrected chi connectivity index (χ1v) is 8.47. The Morgan fingerprint density at radius 1 is 1.26 bits per heavy atom. The molecule has 0 bridgehead atoms. The number of hydrogen-bond acceptors (Lipinski definition) is 5. The molecule has 1 aliphatic heterocycles. The first-order valence-electron chi connectivity index (χ1n) is 8.09. The first kappa shape index (κ1) is 18.5. The zero-order valence-corrected chi connectivity index (χ0v) is 15.5. The minimum Gasteiger partial charge on any atom is -0.493 e. The van der Waals surface area contributed by atoms with E-state index >= 15 is 0 Å². The van der Waals surface area contributed by atoms with Crippen LogP contribution in [0.5, 0.6) is 11.5 Å². The summed E-state index contributed by atoms with van der Waals surface area (Å²) in [5, 5.41) is 14.7. The maximum Gasteiger partial charge on any atom is 0.280 e. The van der Waals surface area contributed by atoms with Crippen LogP contribution in [0.1, 0.15) is 12.5 Å². The van der Waals surface area contributed by atoms with E-state index < -0.39 is 0 Å². The number of ether oxygens (including phenoxy) is 2. The molecule has 27 heavy (non-hydrogen) atoms. The maximum absolute atomic E-state index is 12.8. The molecule has 2 aromatic carbocycles. The van der Waals surface area contributed by atoms with Gasteiger partial charge in [0.25, 0.3) is 5.91 Å². The molecule has 7 heteroatoms. The monoisotopic (exact) mass is 381 g/mol. The summed E-state index contributed by atoms with van der Waals surface area (Å²) in [7, 11) is 1.51. The molecule has 3 rings (SSSR count). The van der Waals surface area contributed by atoms with E-state index in [9.17, 15) is 4.79 Å². The van der Waals surface area contributed by atoms with Crippen LogP contribution in [0.15, 0.2) is 53.1 Å². The van der Waals surface area contributed by atoms with Gasteiger partial charge in [-0.1, -0.05) is 29.8 Å². The minimum absolute atomic E-state index is 0.0756. The number of anilines is 1. The fourth-order valence-electron chi connectivity index (χ4n) is 2.64. The van der Waals surface area contributed by atoms with Crippen LogP contribution < -0.4 is 14.5 Å². The van der Waals surface area contributed by atoms with Crippen molar-refractivity contribution >= 4 is 35.0 Å². The van der Waals surface area contributed by atoms with Crippen molar-refractivity contribution in [1.29, 1.82) is 5.26 Å². The fraction of sp³-hybridized carbons (Fsp3) is 0.150. The van der Waals surface area contributed by atoms with Gasteiger partial charge in [0.15, 0.2) is 18.1 Å². The summed E-state index contributed by atoms with van der Waals surface area (Å²) in [4.78, 5) is 12.8. The first-order chi connectivity index (χ1) is 13.0. The van der Waals surface area contributed by atoms with Gasteiger partial charge >= 0.3 is 0 Å². The van der Waals surface area contributed by atoms with Crippen LogP contribution in [0.3, 0.4) is 0 Å². The topological polar surface area (TPSA) is 74.9 Å². The highest BCUT2D eigenvalue weighted by atomic mass is 35.5. The van der Waals surface area contributed by atoms with E-state index in [1.807, 2.05) is 6.07 Å². The average molecular weight is 382 g/mol. The van der Waals surface area contributed by atoms with Crippen LogP contribution in [0, 0.1) is 11.3 Å². The standard InChI is InChI=1S/C20H16ClN3O3/c1-13-15(20(25)24(23-13)17-6-4-3-5-16(17)21)11-14-7-8-18(27-10-9-22)19(12-14)26-2/h3-8,11-12H,10H2,1-2H3/b15-11+. The smallest absolute Gasteiger partial charge is 0.280 e.